The molecule has 1 unspecified atom stereocenters. The highest BCUT2D eigenvalue weighted by molar-refractivity contribution is 8.01. The molecule has 1 aromatic heterocycles. The van der Waals surface area contributed by atoms with Crippen LogP contribution < -0.4 is 21.9 Å². The Morgan fingerprint density at radius 3 is 2.38 bits per heavy atom. The fourth-order valence-corrected chi connectivity index (χ4v) is 4.46. The maximum Gasteiger partial charge on any atom is 0.332 e. The van der Waals surface area contributed by atoms with Crippen LogP contribution in [0.3, 0.4) is 0 Å². The second-order valence-corrected chi connectivity index (χ2v) is 8.61. The number of benzene rings is 2. The molecule has 2 N–H and O–H groups in total. The summed E-state index contributed by atoms with van der Waals surface area (Å²) in [5.74, 6) is -4.09. The Morgan fingerprint density at radius 1 is 1.03 bits per heavy atom. The van der Waals surface area contributed by atoms with Gasteiger partial charge in [0.1, 0.15) is 16.5 Å². The summed E-state index contributed by atoms with van der Waals surface area (Å²) in [6.07, 6.45) is 0. The number of hydrogen-bond acceptors (Lipinski definition) is 5. The van der Waals surface area contributed by atoms with Gasteiger partial charge in [-0.25, -0.2) is 18.0 Å². The Balaban J connectivity index is 1.61. The Hall–Kier alpha value is -3.80. The second kappa shape index (κ2) is 9.21. The summed E-state index contributed by atoms with van der Waals surface area (Å²) >= 11 is 0.679. The van der Waals surface area contributed by atoms with Gasteiger partial charge in [-0.05, 0) is 35.4 Å². The van der Waals surface area contributed by atoms with E-state index < -0.39 is 45.8 Å². The summed E-state index contributed by atoms with van der Waals surface area (Å²) in [5, 5.41) is 3.66. The van der Waals surface area contributed by atoms with Crippen LogP contribution in [-0.4, -0.2) is 26.2 Å². The molecule has 34 heavy (non-hydrogen) atoms. The molecule has 2 heterocycles. The predicted octanol–water partition coefficient (Wildman–Crippen LogP) is 1.74. The van der Waals surface area contributed by atoms with Crippen molar-refractivity contribution < 1.29 is 22.8 Å². The molecule has 0 spiro atoms. The van der Waals surface area contributed by atoms with Gasteiger partial charge in [-0.3, -0.25) is 23.5 Å². The zero-order valence-electron chi connectivity index (χ0n) is 17.6. The van der Waals surface area contributed by atoms with E-state index in [1.807, 2.05) is 0 Å². The van der Waals surface area contributed by atoms with Gasteiger partial charge >= 0.3 is 5.69 Å². The summed E-state index contributed by atoms with van der Waals surface area (Å²) in [4.78, 5) is 50.9. The molecule has 0 aliphatic carbocycles. The first-order valence-electron chi connectivity index (χ1n) is 9.93. The van der Waals surface area contributed by atoms with Gasteiger partial charge in [-0.15, -0.1) is 0 Å². The van der Waals surface area contributed by atoms with Crippen molar-refractivity contribution >= 4 is 29.4 Å². The third kappa shape index (κ3) is 4.49. The lowest BCUT2D eigenvalue weighted by Gasteiger charge is -2.25. The number of nitrogens with zero attached hydrogens (tertiary/aromatic N) is 2. The molecule has 0 radical (unpaired) electrons. The van der Waals surface area contributed by atoms with Gasteiger partial charge in [0.15, 0.2) is 16.9 Å². The highest BCUT2D eigenvalue weighted by Crippen LogP contribution is 2.32. The van der Waals surface area contributed by atoms with E-state index in [9.17, 15) is 32.3 Å². The second-order valence-electron chi connectivity index (χ2n) is 7.49. The molecule has 0 saturated carbocycles. The van der Waals surface area contributed by atoms with E-state index in [1.165, 1.54) is 37.4 Å². The number of fused-ring (bicyclic) bond motifs is 1. The third-order valence-corrected chi connectivity index (χ3v) is 6.43. The Kier molecular flexibility index (Phi) is 6.33. The van der Waals surface area contributed by atoms with Crippen molar-refractivity contribution in [1.29, 1.82) is 0 Å². The minimum atomic E-state index is -1.32. The SMILES string of the molecule is Cn1c2c(c(=O)n(Cc3ccc(F)c(F)c3)c1=O)SC(C(=O)NCc1ccc(F)cc1)C(=O)N2. The minimum absolute atomic E-state index is 0.0317. The van der Waals surface area contributed by atoms with Crippen LogP contribution >= 0.6 is 11.8 Å². The van der Waals surface area contributed by atoms with Gasteiger partial charge in [-0.2, -0.15) is 0 Å². The molecule has 1 atom stereocenters. The number of hydrogen-bond donors (Lipinski definition) is 2. The van der Waals surface area contributed by atoms with Crippen LogP contribution in [0.4, 0.5) is 19.0 Å². The summed E-state index contributed by atoms with van der Waals surface area (Å²) in [5.41, 5.74) is -0.790. The first-order valence-corrected chi connectivity index (χ1v) is 10.8. The molecule has 2 aromatic carbocycles. The minimum Gasteiger partial charge on any atom is -0.351 e. The van der Waals surface area contributed by atoms with E-state index in [-0.39, 0.29) is 29.4 Å². The van der Waals surface area contributed by atoms with Crippen molar-refractivity contribution in [2.24, 2.45) is 7.05 Å². The summed E-state index contributed by atoms with van der Waals surface area (Å²) in [6.45, 7) is -0.310. The Morgan fingerprint density at radius 2 is 1.71 bits per heavy atom. The number of carbonyl (C=O) groups is 2. The molecule has 176 valence electrons. The van der Waals surface area contributed by atoms with Gasteiger partial charge in [0.25, 0.3) is 5.56 Å². The maximum atomic E-state index is 13.6. The molecule has 3 aromatic rings. The zero-order chi connectivity index (χ0) is 24.6. The average molecular weight is 490 g/mol. The number of nitrogens with one attached hydrogen (secondary N) is 2. The number of rotatable bonds is 5. The smallest absolute Gasteiger partial charge is 0.332 e. The molecule has 0 bridgehead atoms. The first-order chi connectivity index (χ1) is 16.2. The fourth-order valence-electron chi connectivity index (χ4n) is 3.36. The van der Waals surface area contributed by atoms with Crippen LogP contribution in [-0.2, 0) is 29.7 Å². The number of anilines is 1. The molecule has 1 aliphatic heterocycles. The molecule has 0 saturated heterocycles. The quantitative estimate of drug-likeness (QED) is 0.531. The van der Waals surface area contributed by atoms with Crippen molar-refractivity contribution in [2.75, 3.05) is 5.32 Å². The molecule has 2 amide bonds. The van der Waals surface area contributed by atoms with E-state index in [0.717, 1.165) is 21.3 Å². The van der Waals surface area contributed by atoms with Crippen LogP contribution in [0.5, 0.6) is 0 Å². The van der Waals surface area contributed by atoms with Crippen molar-refractivity contribution in [3.05, 3.63) is 91.9 Å². The average Bonchev–Trinajstić information content (AvgIpc) is 2.82. The van der Waals surface area contributed by atoms with E-state index in [4.69, 9.17) is 0 Å². The Labute approximate surface area is 194 Å². The molecule has 4 rings (SSSR count). The molecular weight excluding hydrogens is 473 g/mol. The van der Waals surface area contributed by atoms with Gasteiger partial charge in [0.2, 0.25) is 11.8 Å². The van der Waals surface area contributed by atoms with Crippen LogP contribution in [0.2, 0.25) is 0 Å². The number of amides is 2. The standard InChI is InChI=1S/C22H17F3N4O4S/c1-28-18-16(21(32)29(22(28)33)10-12-4-7-14(24)15(25)8-12)34-17(20(31)27-18)19(30)26-9-11-2-5-13(23)6-3-11/h2-8,17H,9-10H2,1H3,(H,26,30)(H,27,31). The molecule has 0 fully saturated rings. The van der Waals surface area contributed by atoms with Crippen LogP contribution in [0, 0.1) is 17.5 Å². The topological polar surface area (TPSA) is 102 Å². The molecular formula is C22H17F3N4O4S. The highest BCUT2D eigenvalue weighted by atomic mass is 32.2. The predicted molar refractivity (Wildman–Crippen MR) is 118 cm³/mol. The number of aromatic nitrogens is 2. The lowest BCUT2D eigenvalue weighted by molar-refractivity contribution is -0.126. The lowest BCUT2D eigenvalue weighted by Crippen LogP contribution is -2.48. The van der Waals surface area contributed by atoms with Gasteiger partial charge in [-0.1, -0.05) is 30.0 Å². The van der Waals surface area contributed by atoms with Gasteiger partial charge in [0.05, 0.1) is 6.54 Å². The van der Waals surface area contributed by atoms with Gasteiger partial charge in [0, 0.05) is 13.6 Å². The van der Waals surface area contributed by atoms with Crippen LogP contribution in [0.1, 0.15) is 11.1 Å². The fraction of sp³-hybridized carbons (Fsp3) is 0.182. The monoisotopic (exact) mass is 490 g/mol. The van der Waals surface area contributed by atoms with E-state index >= 15 is 0 Å². The van der Waals surface area contributed by atoms with Crippen LogP contribution in [0.15, 0.2) is 56.9 Å². The van der Waals surface area contributed by atoms with Crippen molar-refractivity contribution in [1.82, 2.24) is 14.5 Å². The van der Waals surface area contributed by atoms with E-state index in [2.05, 4.69) is 10.6 Å². The summed E-state index contributed by atoms with van der Waals surface area (Å²) in [7, 11) is 1.33. The van der Waals surface area contributed by atoms with Crippen molar-refractivity contribution in [2.45, 2.75) is 23.2 Å². The Bertz CT molecular complexity index is 1420. The normalized spacial score (nSPS) is 14.9. The van der Waals surface area contributed by atoms with Gasteiger partial charge < -0.3 is 10.6 Å². The first kappa shape index (κ1) is 23.4. The lowest BCUT2D eigenvalue weighted by atomic mass is 10.2. The van der Waals surface area contributed by atoms with E-state index in [0.29, 0.717) is 17.3 Å². The number of thioether (sulfide) groups is 1. The third-order valence-electron chi connectivity index (χ3n) is 5.17. The molecule has 8 nitrogen and oxygen atoms in total. The highest BCUT2D eigenvalue weighted by Gasteiger charge is 2.36. The van der Waals surface area contributed by atoms with Crippen molar-refractivity contribution in [3.8, 4) is 0 Å². The van der Waals surface area contributed by atoms with E-state index in [1.54, 1.807) is 0 Å². The zero-order valence-corrected chi connectivity index (χ0v) is 18.4. The number of halogens is 3. The summed E-state index contributed by atoms with van der Waals surface area (Å²) < 4.78 is 41.7. The maximum absolute atomic E-state index is 13.6. The molecule has 12 heteroatoms. The van der Waals surface area contributed by atoms with Crippen molar-refractivity contribution in [3.63, 3.8) is 0 Å². The molecule has 1 aliphatic rings. The van der Waals surface area contributed by atoms with Crippen LogP contribution in [0.25, 0.3) is 0 Å². The summed E-state index contributed by atoms with van der Waals surface area (Å²) in [6, 6.07) is 8.42. The largest absolute Gasteiger partial charge is 0.351 e. The number of carbonyl (C=O) groups excluding carboxylic acids is 2.